The molecule has 1 amide bonds. The van der Waals surface area contributed by atoms with Gasteiger partial charge in [0.15, 0.2) is 6.10 Å². The lowest BCUT2D eigenvalue weighted by atomic mass is 9.86. The van der Waals surface area contributed by atoms with Crippen LogP contribution < -0.4 is 10.1 Å². The molecule has 0 aliphatic rings. The van der Waals surface area contributed by atoms with Gasteiger partial charge in [0.2, 0.25) is 0 Å². The number of amides is 1. The Labute approximate surface area is 219 Å². The largest absolute Gasteiger partial charge is 0.486 e. The predicted octanol–water partition coefficient (Wildman–Crippen LogP) is 5.99. The van der Waals surface area contributed by atoms with Gasteiger partial charge in [-0.2, -0.15) is 0 Å². The standard InChI is InChI=1S/C31H37NO5/c1-20(2)18-28(23-6-8-24(9-7-23)29(34)32-19-27(33)30(35)36)37-26-16-12-22(13-17-26)21-10-14-25(15-11-21)31(3,4)5/h6-17,20,27-28,33H,18-19H2,1-5H3,(H,32,34)(H,35,36)/t27-,28?/m0/s1. The quantitative estimate of drug-likeness (QED) is 0.316. The van der Waals surface area contributed by atoms with Crippen LogP contribution >= 0.6 is 0 Å². The highest BCUT2D eigenvalue weighted by Crippen LogP contribution is 2.31. The van der Waals surface area contributed by atoms with Gasteiger partial charge in [-0.1, -0.05) is 83.1 Å². The monoisotopic (exact) mass is 503 g/mol. The molecule has 196 valence electrons. The first kappa shape index (κ1) is 27.9. The Morgan fingerprint density at radius 2 is 1.41 bits per heavy atom. The third-order valence-electron chi connectivity index (χ3n) is 6.19. The van der Waals surface area contributed by atoms with Crippen molar-refractivity contribution in [2.75, 3.05) is 6.54 Å². The lowest BCUT2D eigenvalue weighted by Gasteiger charge is -2.22. The van der Waals surface area contributed by atoms with Crippen LogP contribution in [0.1, 0.15) is 68.6 Å². The molecule has 0 aliphatic carbocycles. The molecule has 1 unspecified atom stereocenters. The zero-order valence-electron chi connectivity index (χ0n) is 22.2. The number of aliphatic hydroxyl groups excluding tert-OH is 1. The van der Waals surface area contributed by atoms with Crippen LogP contribution in [0.2, 0.25) is 0 Å². The topological polar surface area (TPSA) is 95.9 Å². The van der Waals surface area contributed by atoms with Gasteiger partial charge in [0, 0.05) is 5.56 Å². The maximum absolute atomic E-state index is 12.3. The van der Waals surface area contributed by atoms with E-state index in [-0.39, 0.29) is 18.1 Å². The molecule has 0 spiro atoms. The summed E-state index contributed by atoms with van der Waals surface area (Å²) in [6.07, 6.45) is -1.03. The van der Waals surface area contributed by atoms with Crippen LogP contribution in [0.25, 0.3) is 11.1 Å². The summed E-state index contributed by atoms with van der Waals surface area (Å²) in [5, 5.41) is 20.5. The molecule has 6 nitrogen and oxygen atoms in total. The molecule has 3 aromatic carbocycles. The fourth-order valence-corrected chi connectivity index (χ4v) is 3.96. The number of aliphatic hydroxyl groups is 1. The average Bonchev–Trinajstić information content (AvgIpc) is 2.86. The first-order chi connectivity index (χ1) is 17.4. The minimum atomic E-state index is -1.64. The van der Waals surface area contributed by atoms with Gasteiger partial charge in [-0.25, -0.2) is 4.79 Å². The highest BCUT2D eigenvalue weighted by molar-refractivity contribution is 5.94. The number of ether oxygens (including phenoxy) is 1. The summed E-state index contributed by atoms with van der Waals surface area (Å²) in [5.74, 6) is -0.661. The van der Waals surface area contributed by atoms with Gasteiger partial charge in [0.05, 0.1) is 6.54 Å². The zero-order chi connectivity index (χ0) is 27.2. The fourth-order valence-electron chi connectivity index (χ4n) is 3.96. The van der Waals surface area contributed by atoms with E-state index in [0.29, 0.717) is 11.5 Å². The molecule has 0 saturated heterocycles. The third-order valence-corrected chi connectivity index (χ3v) is 6.19. The number of aliphatic carboxylic acids is 1. The second-order valence-corrected chi connectivity index (χ2v) is 10.8. The molecular weight excluding hydrogens is 466 g/mol. The van der Waals surface area contributed by atoms with Crippen molar-refractivity contribution in [1.82, 2.24) is 5.32 Å². The van der Waals surface area contributed by atoms with Gasteiger partial charge in [-0.15, -0.1) is 0 Å². The zero-order valence-corrected chi connectivity index (χ0v) is 22.2. The van der Waals surface area contributed by atoms with E-state index < -0.39 is 18.0 Å². The fraction of sp³-hybridized carbons (Fsp3) is 0.355. The normalized spacial score (nSPS) is 13.2. The predicted molar refractivity (Wildman–Crippen MR) is 146 cm³/mol. The van der Waals surface area contributed by atoms with E-state index in [0.717, 1.165) is 28.9 Å². The van der Waals surface area contributed by atoms with Gasteiger partial charge in [-0.3, -0.25) is 4.79 Å². The maximum atomic E-state index is 12.3. The van der Waals surface area contributed by atoms with Crippen LogP contribution in [0, 0.1) is 5.92 Å². The average molecular weight is 504 g/mol. The molecule has 0 saturated carbocycles. The van der Waals surface area contributed by atoms with E-state index in [1.165, 1.54) is 5.56 Å². The number of carboxylic acids is 1. The van der Waals surface area contributed by atoms with E-state index in [1.807, 2.05) is 24.3 Å². The lowest BCUT2D eigenvalue weighted by Crippen LogP contribution is -2.36. The van der Waals surface area contributed by atoms with Crippen LogP contribution in [0.3, 0.4) is 0 Å². The Kier molecular flexibility index (Phi) is 9.11. The molecule has 0 fully saturated rings. The summed E-state index contributed by atoms with van der Waals surface area (Å²) in [4.78, 5) is 23.0. The third kappa shape index (κ3) is 7.92. The highest BCUT2D eigenvalue weighted by Gasteiger charge is 2.18. The molecule has 0 aromatic heterocycles. The van der Waals surface area contributed by atoms with Crippen LogP contribution in [-0.4, -0.2) is 34.7 Å². The summed E-state index contributed by atoms with van der Waals surface area (Å²) in [7, 11) is 0. The Balaban J connectivity index is 1.70. The van der Waals surface area contributed by atoms with Gasteiger partial charge >= 0.3 is 5.97 Å². The number of carbonyl (C=O) groups excluding carboxylic acids is 1. The van der Waals surface area contributed by atoms with Crippen molar-refractivity contribution in [3.8, 4) is 16.9 Å². The number of nitrogens with one attached hydrogen (secondary N) is 1. The summed E-state index contributed by atoms with van der Waals surface area (Å²) < 4.78 is 6.37. The molecule has 6 heteroatoms. The number of rotatable bonds is 10. The number of carbonyl (C=O) groups is 2. The molecule has 3 aromatic rings. The molecule has 0 bridgehead atoms. The molecule has 3 rings (SSSR count). The second kappa shape index (κ2) is 12.1. The molecule has 0 aliphatic heterocycles. The SMILES string of the molecule is CC(C)CC(Oc1ccc(-c2ccc(C(C)(C)C)cc2)cc1)c1ccc(C(=O)NC[C@H](O)C(=O)O)cc1. The van der Waals surface area contributed by atoms with Gasteiger partial charge in [-0.05, 0) is 64.3 Å². The van der Waals surface area contributed by atoms with Crippen LogP contribution in [0.4, 0.5) is 0 Å². The van der Waals surface area contributed by atoms with Crippen molar-refractivity contribution in [2.24, 2.45) is 5.92 Å². The molecule has 0 heterocycles. The van der Waals surface area contributed by atoms with Gasteiger partial charge < -0.3 is 20.3 Å². The van der Waals surface area contributed by atoms with Crippen LogP contribution in [0.5, 0.6) is 5.75 Å². The Morgan fingerprint density at radius 3 is 1.89 bits per heavy atom. The van der Waals surface area contributed by atoms with Crippen molar-refractivity contribution < 1.29 is 24.5 Å². The van der Waals surface area contributed by atoms with Gasteiger partial charge in [0.1, 0.15) is 11.9 Å². The van der Waals surface area contributed by atoms with E-state index in [4.69, 9.17) is 9.84 Å². The molecule has 37 heavy (non-hydrogen) atoms. The number of hydrogen-bond donors (Lipinski definition) is 3. The van der Waals surface area contributed by atoms with Crippen molar-refractivity contribution in [3.05, 3.63) is 89.5 Å². The number of benzene rings is 3. The molecule has 2 atom stereocenters. The smallest absolute Gasteiger partial charge is 0.334 e. The van der Waals surface area contributed by atoms with Crippen molar-refractivity contribution in [2.45, 2.75) is 58.7 Å². The molecule has 0 radical (unpaired) electrons. The Hall–Kier alpha value is -3.64. The Bertz CT molecular complexity index is 1180. The summed E-state index contributed by atoms with van der Waals surface area (Å²) in [6, 6.07) is 23.8. The maximum Gasteiger partial charge on any atom is 0.334 e. The van der Waals surface area contributed by atoms with E-state index in [2.05, 4.69) is 76.3 Å². The summed E-state index contributed by atoms with van der Waals surface area (Å²) in [6.45, 7) is 10.5. The van der Waals surface area contributed by atoms with E-state index >= 15 is 0 Å². The van der Waals surface area contributed by atoms with Crippen molar-refractivity contribution in [1.29, 1.82) is 0 Å². The van der Waals surface area contributed by atoms with Crippen molar-refractivity contribution >= 4 is 11.9 Å². The highest BCUT2D eigenvalue weighted by atomic mass is 16.5. The second-order valence-electron chi connectivity index (χ2n) is 10.8. The molecule has 3 N–H and O–H groups in total. The minimum absolute atomic E-state index is 0.118. The van der Waals surface area contributed by atoms with Gasteiger partial charge in [0.25, 0.3) is 5.91 Å². The first-order valence-corrected chi connectivity index (χ1v) is 12.6. The first-order valence-electron chi connectivity index (χ1n) is 12.6. The molecular formula is C31H37NO5. The summed E-state index contributed by atoms with van der Waals surface area (Å²) >= 11 is 0. The number of hydrogen-bond acceptors (Lipinski definition) is 4. The van der Waals surface area contributed by atoms with E-state index in [9.17, 15) is 14.7 Å². The van der Waals surface area contributed by atoms with Crippen LogP contribution in [0.15, 0.2) is 72.8 Å². The van der Waals surface area contributed by atoms with Crippen LogP contribution in [-0.2, 0) is 10.2 Å². The van der Waals surface area contributed by atoms with Crippen molar-refractivity contribution in [3.63, 3.8) is 0 Å². The minimum Gasteiger partial charge on any atom is -0.486 e. The lowest BCUT2D eigenvalue weighted by molar-refractivity contribution is -0.146. The number of carboxylic acid groups (broad SMARTS) is 1. The summed E-state index contributed by atoms with van der Waals surface area (Å²) in [5.41, 5.74) is 5.02. The Morgan fingerprint density at radius 1 is 0.865 bits per heavy atom. The van der Waals surface area contributed by atoms with E-state index in [1.54, 1.807) is 12.1 Å².